The van der Waals surface area contributed by atoms with Crippen LogP contribution in [-0.2, 0) is 11.3 Å². The summed E-state index contributed by atoms with van der Waals surface area (Å²) < 4.78 is 10.3. The van der Waals surface area contributed by atoms with E-state index >= 15 is 0 Å². The van der Waals surface area contributed by atoms with E-state index in [9.17, 15) is 4.79 Å². The van der Waals surface area contributed by atoms with Crippen molar-refractivity contribution in [1.29, 1.82) is 0 Å². The molecule has 2 aliphatic heterocycles. The first kappa shape index (κ1) is 22.4. The molecule has 2 aromatic rings. The molecule has 0 spiro atoms. The minimum Gasteiger partial charge on any atom is -0.376 e. The standard InChI is InChI=1S/C23H35N5O2S/c1-16(2)28-17(3)13-20(18(28)4)21(29)15-31-23-25-24-22(26-10-6-5-7-11-26)27(23)14-19-9-8-12-30-19/h13,16,19H,5-12,14-15H2,1-4H3. The molecule has 4 heterocycles. The van der Waals surface area contributed by atoms with E-state index in [1.54, 1.807) is 0 Å². The topological polar surface area (TPSA) is 65.2 Å². The number of nitrogens with zero attached hydrogens (tertiary/aromatic N) is 5. The lowest BCUT2D eigenvalue weighted by molar-refractivity contribution is 0.0951. The fourth-order valence-corrected chi connectivity index (χ4v) is 5.76. The van der Waals surface area contributed by atoms with Crippen molar-refractivity contribution in [1.82, 2.24) is 19.3 Å². The van der Waals surface area contributed by atoms with Crippen LogP contribution in [0.15, 0.2) is 11.2 Å². The minimum atomic E-state index is 0.149. The van der Waals surface area contributed by atoms with E-state index in [2.05, 4.69) is 45.0 Å². The molecule has 8 heteroatoms. The van der Waals surface area contributed by atoms with Crippen molar-refractivity contribution in [3.05, 3.63) is 23.0 Å². The molecule has 2 saturated heterocycles. The number of anilines is 1. The first-order valence-corrected chi connectivity index (χ1v) is 12.6. The summed E-state index contributed by atoms with van der Waals surface area (Å²) >= 11 is 1.50. The highest BCUT2D eigenvalue weighted by molar-refractivity contribution is 7.99. The Labute approximate surface area is 189 Å². The van der Waals surface area contributed by atoms with E-state index in [0.717, 1.165) is 67.1 Å². The Morgan fingerprint density at radius 2 is 1.97 bits per heavy atom. The van der Waals surface area contributed by atoms with E-state index in [0.29, 0.717) is 11.8 Å². The molecule has 0 aromatic carbocycles. The molecule has 0 N–H and O–H groups in total. The van der Waals surface area contributed by atoms with Crippen molar-refractivity contribution in [2.45, 2.75) is 83.6 Å². The summed E-state index contributed by atoms with van der Waals surface area (Å²) in [7, 11) is 0. The van der Waals surface area contributed by atoms with E-state index in [4.69, 9.17) is 4.74 Å². The number of aryl methyl sites for hydroxylation is 1. The molecule has 2 fully saturated rings. The Morgan fingerprint density at radius 1 is 1.19 bits per heavy atom. The Morgan fingerprint density at radius 3 is 2.61 bits per heavy atom. The van der Waals surface area contributed by atoms with Crippen LogP contribution in [0.25, 0.3) is 0 Å². The second kappa shape index (κ2) is 9.77. The summed E-state index contributed by atoms with van der Waals surface area (Å²) in [6.07, 6.45) is 6.05. The molecule has 0 saturated carbocycles. The zero-order valence-electron chi connectivity index (χ0n) is 19.3. The predicted molar refractivity (Wildman–Crippen MR) is 124 cm³/mol. The van der Waals surface area contributed by atoms with Gasteiger partial charge in [-0.3, -0.25) is 9.36 Å². The van der Waals surface area contributed by atoms with Gasteiger partial charge in [0.1, 0.15) is 0 Å². The molecule has 1 unspecified atom stereocenters. The van der Waals surface area contributed by atoms with Gasteiger partial charge in [-0.1, -0.05) is 11.8 Å². The summed E-state index contributed by atoms with van der Waals surface area (Å²) in [6, 6.07) is 2.37. The Balaban J connectivity index is 1.51. The number of ether oxygens (including phenoxy) is 1. The van der Waals surface area contributed by atoms with Crippen molar-refractivity contribution in [3.8, 4) is 0 Å². The highest BCUT2D eigenvalue weighted by Gasteiger charge is 2.25. The van der Waals surface area contributed by atoms with Gasteiger partial charge < -0.3 is 14.2 Å². The van der Waals surface area contributed by atoms with Gasteiger partial charge in [0.15, 0.2) is 10.9 Å². The van der Waals surface area contributed by atoms with Crippen molar-refractivity contribution in [2.24, 2.45) is 0 Å². The molecule has 0 aliphatic carbocycles. The number of hydrogen-bond donors (Lipinski definition) is 0. The third-order valence-electron chi connectivity index (χ3n) is 6.38. The molecule has 4 rings (SSSR count). The summed E-state index contributed by atoms with van der Waals surface area (Å²) in [5.41, 5.74) is 3.00. The van der Waals surface area contributed by atoms with Crippen LogP contribution >= 0.6 is 11.8 Å². The molecular weight excluding hydrogens is 410 g/mol. The fourth-order valence-electron chi connectivity index (χ4n) is 4.93. The van der Waals surface area contributed by atoms with Crippen LogP contribution in [0.2, 0.25) is 0 Å². The zero-order valence-corrected chi connectivity index (χ0v) is 20.1. The number of carbonyl (C=O) groups excluding carboxylic acids is 1. The fraction of sp³-hybridized carbons (Fsp3) is 0.696. The highest BCUT2D eigenvalue weighted by atomic mass is 32.2. The molecule has 2 aromatic heterocycles. The van der Waals surface area contributed by atoms with E-state index in [1.165, 1.54) is 31.0 Å². The minimum absolute atomic E-state index is 0.149. The van der Waals surface area contributed by atoms with Crippen molar-refractivity contribution in [3.63, 3.8) is 0 Å². The van der Waals surface area contributed by atoms with E-state index in [1.807, 2.05) is 13.0 Å². The Bertz CT molecular complexity index is 907. The number of thioether (sulfide) groups is 1. The maximum absolute atomic E-state index is 13.1. The number of ketones is 1. The predicted octanol–water partition coefficient (Wildman–Crippen LogP) is 4.42. The van der Waals surface area contributed by atoms with Crippen LogP contribution in [0.5, 0.6) is 0 Å². The number of carbonyl (C=O) groups is 1. The third kappa shape index (κ3) is 4.85. The van der Waals surface area contributed by atoms with Gasteiger partial charge in [-0.25, -0.2) is 0 Å². The number of aromatic nitrogens is 4. The number of hydrogen-bond acceptors (Lipinski definition) is 6. The average Bonchev–Trinajstić information content (AvgIpc) is 3.47. The number of piperidine rings is 1. The van der Waals surface area contributed by atoms with Crippen molar-refractivity contribution in [2.75, 3.05) is 30.3 Å². The van der Waals surface area contributed by atoms with Gasteiger partial charge in [0.2, 0.25) is 5.95 Å². The van der Waals surface area contributed by atoms with Crippen molar-refractivity contribution < 1.29 is 9.53 Å². The average molecular weight is 446 g/mol. The van der Waals surface area contributed by atoms with Crippen LogP contribution < -0.4 is 4.90 Å². The van der Waals surface area contributed by atoms with Crippen LogP contribution in [0.4, 0.5) is 5.95 Å². The van der Waals surface area contributed by atoms with E-state index in [-0.39, 0.29) is 11.9 Å². The van der Waals surface area contributed by atoms with Crippen LogP contribution in [0.3, 0.4) is 0 Å². The molecule has 0 radical (unpaired) electrons. The number of Topliss-reactive ketones (excluding diaryl/α,β-unsaturated/α-hetero) is 1. The summed E-state index contributed by atoms with van der Waals surface area (Å²) in [5.74, 6) is 1.45. The van der Waals surface area contributed by atoms with Gasteiger partial charge in [0.05, 0.1) is 18.4 Å². The maximum atomic E-state index is 13.1. The highest BCUT2D eigenvalue weighted by Crippen LogP contribution is 2.28. The largest absolute Gasteiger partial charge is 0.376 e. The molecule has 7 nitrogen and oxygen atoms in total. The van der Waals surface area contributed by atoms with E-state index < -0.39 is 0 Å². The normalized spacial score (nSPS) is 19.5. The molecule has 2 aliphatic rings. The summed E-state index contributed by atoms with van der Waals surface area (Å²) in [6.45, 7) is 12.1. The molecule has 31 heavy (non-hydrogen) atoms. The summed E-state index contributed by atoms with van der Waals surface area (Å²) in [5, 5.41) is 9.85. The Hall–Kier alpha value is -1.80. The molecule has 1 atom stereocenters. The van der Waals surface area contributed by atoms with Gasteiger partial charge in [0.25, 0.3) is 0 Å². The molecule has 170 valence electrons. The molecule has 0 amide bonds. The first-order chi connectivity index (χ1) is 15.0. The lowest BCUT2D eigenvalue weighted by atomic mass is 10.1. The molecular formula is C23H35N5O2S. The van der Waals surface area contributed by atoms with Gasteiger partial charge in [-0.15, -0.1) is 10.2 Å². The van der Waals surface area contributed by atoms with Gasteiger partial charge in [-0.2, -0.15) is 0 Å². The quantitative estimate of drug-likeness (QED) is 0.443. The van der Waals surface area contributed by atoms with Crippen LogP contribution in [0.1, 0.15) is 73.7 Å². The molecule has 0 bridgehead atoms. The van der Waals surface area contributed by atoms with Gasteiger partial charge >= 0.3 is 0 Å². The monoisotopic (exact) mass is 445 g/mol. The number of rotatable bonds is 8. The SMILES string of the molecule is Cc1cc(C(=O)CSc2nnc(N3CCCCC3)n2CC2CCCO2)c(C)n1C(C)C. The zero-order chi connectivity index (χ0) is 22.0. The van der Waals surface area contributed by atoms with Crippen molar-refractivity contribution >= 4 is 23.5 Å². The van der Waals surface area contributed by atoms with Crippen LogP contribution in [-0.4, -0.2) is 56.7 Å². The maximum Gasteiger partial charge on any atom is 0.228 e. The first-order valence-electron chi connectivity index (χ1n) is 11.6. The smallest absolute Gasteiger partial charge is 0.228 e. The lowest BCUT2D eigenvalue weighted by Crippen LogP contribution is -2.33. The van der Waals surface area contributed by atoms with Gasteiger partial charge in [0, 0.05) is 42.7 Å². The van der Waals surface area contributed by atoms with Gasteiger partial charge in [-0.05, 0) is 65.9 Å². The summed E-state index contributed by atoms with van der Waals surface area (Å²) in [4.78, 5) is 15.4. The second-order valence-corrected chi connectivity index (χ2v) is 9.98. The lowest BCUT2D eigenvalue weighted by Gasteiger charge is -2.28. The second-order valence-electron chi connectivity index (χ2n) is 9.04. The Kier molecular flexibility index (Phi) is 7.06. The third-order valence-corrected chi connectivity index (χ3v) is 7.35. The van der Waals surface area contributed by atoms with Crippen LogP contribution in [0, 0.1) is 13.8 Å².